The van der Waals surface area contributed by atoms with Crippen molar-refractivity contribution in [3.8, 4) is 5.75 Å². The number of carbonyl (C=O) groups is 2. The van der Waals surface area contributed by atoms with E-state index >= 15 is 0 Å². The highest BCUT2D eigenvalue weighted by Gasteiger charge is 2.30. The highest BCUT2D eigenvalue weighted by molar-refractivity contribution is 5.95. The number of Topliss-reactive ketones (excluding diaryl/α,β-unsaturated/α-hetero) is 1. The molecule has 1 aliphatic heterocycles. The van der Waals surface area contributed by atoms with Gasteiger partial charge in [0.05, 0.1) is 6.61 Å². The van der Waals surface area contributed by atoms with Crippen molar-refractivity contribution < 1.29 is 14.3 Å². The third-order valence-electron chi connectivity index (χ3n) is 3.71. The number of amides is 1. The van der Waals surface area contributed by atoms with Gasteiger partial charge in [-0.1, -0.05) is 13.0 Å². The van der Waals surface area contributed by atoms with Crippen molar-refractivity contribution in [2.75, 3.05) is 13.2 Å². The Balaban J connectivity index is 2.09. The predicted molar refractivity (Wildman–Crippen MR) is 81.6 cm³/mol. The predicted octanol–water partition coefficient (Wildman–Crippen LogP) is 3.06. The second-order valence-corrected chi connectivity index (χ2v) is 5.58. The molecule has 1 saturated heterocycles. The van der Waals surface area contributed by atoms with Crippen LogP contribution in [0.5, 0.6) is 5.75 Å². The van der Waals surface area contributed by atoms with Crippen LogP contribution in [-0.2, 0) is 4.79 Å². The summed E-state index contributed by atoms with van der Waals surface area (Å²) in [6, 6.07) is 7.36. The lowest BCUT2D eigenvalue weighted by Crippen LogP contribution is -2.36. The van der Waals surface area contributed by atoms with E-state index in [2.05, 4.69) is 0 Å². The lowest BCUT2D eigenvalue weighted by atomic mass is 10.1. The van der Waals surface area contributed by atoms with E-state index in [0.717, 1.165) is 31.6 Å². The van der Waals surface area contributed by atoms with Gasteiger partial charge in [0.15, 0.2) is 0 Å². The van der Waals surface area contributed by atoms with Crippen LogP contribution in [-0.4, -0.2) is 35.8 Å². The van der Waals surface area contributed by atoms with Crippen molar-refractivity contribution in [1.29, 1.82) is 0 Å². The molecule has 1 unspecified atom stereocenters. The van der Waals surface area contributed by atoms with E-state index in [-0.39, 0.29) is 17.7 Å². The SMILES string of the molecule is CCCOc1cccc(C(=O)N2CCCC2CC(C)=O)c1. The normalized spacial score (nSPS) is 17.8. The summed E-state index contributed by atoms with van der Waals surface area (Å²) in [5.41, 5.74) is 0.638. The average molecular weight is 289 g/mol. The number of ether oxygens (including phenoxy) is 1. The molecule has 1 heterocycles. The zero-order valence-corrected chi connectivity index (χ0v) is 12.8. The Bertz CT molecular complexity index is 513. The molecule has 0 saturated carbocycles. The van der Waals surface area contributed by atoms with Crippen LogP contribution in [0.3, 0.4) is 0 Å². The summed E-state index contributed by atoms with van der Waals surface area (Å²) < 4.78 is 5.58. The molecule has 1 atom stereocenters. The number of nitrogens with zero attached hydrogens (tertiary/aromatic N) is 1. The van der Waals surface area contributed by atoms with E-state index in [9.17, 15) is 9.59 Å². The highest BCUT2D eigenvalue weighted by atomic mass is 16.5. The first-order valence-corrected chi connectivity index (χ1v) is 7.65. The van der Waals surface area contributed by atoms with Crippen LogP contribution in [0.25, 0.3) is 0 Å². The number of ketones is 1. The van der Waals surface area contributed by atoms with Crippen LogP contribution in [0.15, 0.2) is 24.3 Å². The summed E-state index contributed by atoms with van der Waals surface area (Å²) in [5.74, 6) is 0.866. The van der Waals surface area contributed by atoms with Gasteiger partial charge in [-0.25, -0.2) is 0 Å². The van der Waals surface area contributed by atoms with Crippen LogP contribution in [0, 0.1) is 0 Å². The summed E-state index contributed by atoms with van der Waals surface area (Å²) in [6.45, 7) is 5.01. The Morgan fingerprint density at radius 1 is 1.38 bits per heavy atom. The molecular weight excluding hydrogens is 266 g/mol. The molecule has 1 aliphatic rings. The maximum Gasteiger partial charge on any atom is 0.254 e. The van der Waals surface area contributed by atoms with Gasteiger partial charge in [0, 0.05) is 24.6 Å². The smallest absolute Gasteiger partial charge is 0.254 e. The number of rotatable bonds is 6. The van der Waals surface area contributed by atoms with Gasteiger partial charge in [0.25, 0.3) is 5.91 Å². The topological polar surface area (TPSA) is 46.6 Å². The summed E-state index contributed by atoms with van der Waals surface area (Å²) in [4.78, 5) is 25.8. The Morgan fingerprint density at radius 3 is 2.90 bits per heavy atom. The van der Waals surface area contributed by atoms with Crippen LogP contribution < -0.4 is 4.74 Å². The summed E-state index contributed by atoms with van der Waals surface area (Å²) in [6.07, 6.45) is 3.27. The molecule has 21 heavy (non-hydrogen) atoms. The van der Waals surface area contributed by atoms with Gasteiger partial charge < -0.3 is 9.64 Å². The number of carbonyl (C=O) groups excluding carboxylic acids is 2. The zero-order chi connectivity index (χ0) is 15.2. The van der Waals surface area contributed by atoms with Crippen molar-refractivity contribution in [3.05, 3.63) is 29.8 Å². The van der Waals surface area contributed by atoms with Crippen molar-refractivity contribution in [1.82, 2.24) is 4.90 Å². The largest absolute Gasteiger partial charge is 0.494 e. The average Bonchev–Trinajstić information content (AvgIpc) is 2.92. The zero-order valence-electron chi connectivity index (χ0n) is 12.8. The van der Waals surface area contributed by atoms with Crippen molar-refractivity contribution in [3.63, 3.8) is 0 Å². The number of likely N-dealkylation sites (tertiary alicyclic amines) is 1. The molecule has 1 fully saturated rings. The maximum absolute atomic E-state index is 12.6. The highest BCUT2D eigenvalue weighted by Crippen LogP contribution is 2.24. The minimum Gasteiger partial charge on any atom is -0.494 e. The van der Waals surface area contributed by atoms with Crippen molar-refractivity contribution in [2.24, 2.45) is 0 Å². The van der Waals surface area contributed by atoms with Crippen LogP contribution in [0.1, 0.15) is 49.9 Å². The fourth-order valence-corrected chi connectivity index (χ4v) is 2.75. The minimum atomic E-state index is 0.000647. The molecule has 4 heteroatoms. The molecule has 114 valence electrons. The molecule has 0 spiro atoms. The summed E-state index contributed by atoms with van der Waals surface area (Å²) >= 11 is 0. The maximum atomic E-state index is 12.6. The number of hydrogen-bond acceptors (Lipinski definition) is 3. The van der Waals surface area contributed by atoms with Crippen LogP contribution in [0.2, 0.25) is 0 Å². The van der Waals surface area contributed by atoms with Gasteiger partial charge in [-0.3, -0.25) is 9.59 Å². The van der Waals surface area contributed by atoms with Gasteiger partial charge in [-0.2, -0.15) is 0 Å². The number of benzene rings is 1. The lowest BCUT2D eigenvalue weighted by Gasteiger charge is -2.24. The van der Waals surface area contributed by atoms with Gasteiger partial charge in [-0.05, 0) is 44.4 Å². The molecule has 1 aromatic rings. The second-order valence-electron chi connectivity index (χ2n) is 5.58. The molecule has 0 bridgehead atoms. The van der Waals surface area contributed by atoms with E-state index in [0.29, 0.717) is 18.6 Å². The molecule has 1 amide bonds. The fraction of sp³-hybridized carbons (Fsp3) is 0.529. The Morgan fingerprint density at radius 2 is 2.19 bits per heavy atom. The fourth-order valence-electron chi connectivity index (χ4n) is 2.75. The van der Waals surface area contributed by atoms with Crippen molar-refractivity contribution in [2.45, 2.75) is 45.6 Å². The summed E-state index contributed by atoms with van der Waals surface area (Å²) in [7, 11) is 0. The number of hydrogen-bond donors (Lipinski definition) is 0. The molecule has 0 aliphatic carbocycles. The van der Waals surface area contributed by atoms with Crippen molar-refractivity contribution >= 4 is 11.7 Å². The first-order chi connectivity index (χ1) is 10.1. The van der Waals surface area contributed by atoms with E-state index < -0.39 is 0 Å². The monoisotopic (exact) mass is 289 g/mol. The molecule has 4 nitrogen and oxygen atoms in total. The minimum absolute atomic E-state index is 0.000647. The quantitative estimate of drug-likeness (QED) is 0.808. The second kappa shape index (κ2) is 7.25. The van der Waals surface area contributed by atoms with Gasteiger partial charge >= 0.3 is 0 Å². The van der Waals surface area contributed by atoms with E-state index in [1.807, 2.05) is 30.0 Å². The van der Waals surface area contributed by atoms with Crippen LogP contribution in [0.4, 0.5) is 0 Å². The molecule has 0 aromatic heterocycles. The molecular formula is C17H23NO3. The van der Waals surface area contributed by atoms with E-state index in [1.165, 1.54) is 0 Å². The molecule has 0 N–H and O–H groups in total. The molecule has 0 radical (unpaired) electrons. The third kappa shape index (κ3) is 4.06. The third-order valence-corrected chi connectivity index (χ3v) is 3.71. The van der Waals surface area contributed by atoms with Crippen LogP contribution >= 0.6 is 0 Å². The first-order valence-electron chi connectivity index (χ1n) is 7.65. The van der Waals surface area contributed by atoms with E-state index in [4.69, 9.17) is 4.74 Å². The molecule has 1 aromatic carbocycles. The standard InChI is InChI=1S/C17H23NO3/c1-3-10-21-16-8-4-6-14(12-16)17(20)18-9-5-7-15(18)11-13(2)19/h4,6,8,12,15H,3,5,7,9-11H2,1-2H3. The first kappa shape index (κ1) is 15.5. The lowest BCUT2D eigenvalue weighted by molar-refractivity contribution is -0.117. The Labute approximate surface area is 126 Å². The van der Waals surface area contributed by atoms with Gasteiger partial charge in [0.1, 0.15) is 11.5 Å². The van der Waals surface area contributed by atoms with Gasteiger partial charge in [0.2, 0.25) is 0 Å². The molecule has 2 rings (SSSR count). The van der Waals surface area contributed by atoms with Gasteiger partial charge in [-0.15, -0.1) is 0 Å². The Hall–Kier alpha value is -1.84. The Kier molecular flexibility index (Phi) is 5.37. The van der Waals surface area contributed by atoms with E-state index in [1.54, 1.807) is 13.0 Å². The summed E-state index contributed by atoms with van der Waals surface area (Å²) in [5, 5.41) is 0.